The first kappa shape index (κ1) is 13.4. The molecule has 2 heterocycles. The molecular weight excluding hydrogens is 262 g/mol. The smallest absolute Gasteiger partial charge is 0.271 e. The summed E-state index contributed by atoms with van der Waals surface area (Å²) in [6, 6.07) is 0. The Morgan fingerprint density at radius 1 is 1.37 bits per heavy atom. The molecule has 0 atom stereocenters. The number of carbonyl (C=O) groups is 1. The molecule has 1 amide bonds. The fourth-order valence-corrected chi connectivity index (χ4v) is 2.16. The predicted molar refractivity (Wildman–Crippen MR) is 74.2 cm³/mol. The van der Waals surface area contributed by atoms with Crippen LogP contribution in [0.1, 0.15) is 28.1 Å². The van der Waals surface area contributed by atoms with E-state index < -0.39 is 0 Å². The van der Waals surface area contributed by atoms with E-state index in [4.69, 9.17) is 0 Å². The summed E-state index contributed by atoms with van der Waals surface area (Å²) in [5, 5.41) is 8.62. The molecule has 0 spiro atoms. The minimum absolute atomic E-state index is 0.247. The molecule has 2 aromatic heterocycles. The van der Waals surface area contributed by atoms with Crippen molar-refractivity contribution in [3.8, 4) is 0 Å². The Kier molecular flexibility index (Phi) is 4.40. The van der Waals surface area contributed by atoms with Crippen LogP contribution in [0.25, 0.3) is 0 Å². The molecule has 0 aliphatic heterocycles. The van der Waals surface area contributed by atoms with Crippen molar-refractivity contribution in [2.45, 2.75) is 20.4 Å². The van der Waals surface area contributed by atoms with Gasteiger partial charge in [-0.2, -0.15) is 0 Å². The maximum absolute atomic E-state index is 11.8. The van der Waals surface area contributed by atoms with Gasteiger partial charge in [0.15, 0.2) is 0 Å². The van der Waals surface area contributed by atoms with Crippen molar-refractivity contribution in [1.82, 2.24) is 20.3 Å². The second kappa shape index (κ2) is 6.24. The summed E-state index contributed by atoms with van der Waals surface area (Å²) in [7, 11) is 0. The van der Waals surface area contributed by atoms with E-state index >= 15 is 0 Å². The van der Waals surface area contributed by atoms with Gasteiger partial charge >= 0.3 is 0 Å². The molecule has 0 aliphatic carbocycles. The van der Waals surface area contributed by atoms with Crippen LogP contribution in [0.5, 0.6) is 0 Å². The lowest BCUT2D eigenvalue weighted by Crippen LogP contribution is -2.24. The van der Waals surface area contributed by atoms with Gasteiger partial charge in [-0.3, -0.25) is 4.79 Å². The Bertz CT molecular complexity index is 552. The van der Waals surface area contributed by atoms with Crippen molar-refractivity contribution in [2.75, 3.05) is 11.9 Å². The lowest BCUT2D eigenvalue weighted by atomic mass is 10.4. The summed E-state index contributed by atoms with van der Waals surface area (Å²) in [6.45, 7) is 5.07. The van der Waals surface area contributed by atoms with Gasteiger partial charge in [0.2, 0.25) is 0 Å². The number of anilines is 1. The van der Waals surface area contributed by atoms with Crippen molar-refractivity contribution < 1.29 is 4.79 Å². The minimum atomic E-state index is -0.247. The van der Waals surface area contributed by atoms with E-state index in [0.29, 0.717) is 18.1 Å². The molecule has 7 heteroatoms. The van der Waals surface area contributed by atoms with E-state index in [1.807, 2.05) is 19.2 Å². The second-order valence-corrected chi connectivity index (χ2v) is 4.83. The molecule has 0 unspecified atom stereocenters. The third-order valence-electron chi connectivity index (χ3n) is 2.31. The normalized spacial score (nSPS) is 10.2. The Labute approximate surface area is 115 Å². The third-order valence-corrected chi connectivity index (χ3v) is 3.28. The van der Waals surface area contributed by atoms with Crippen LogP contribution in [0, 0.1) is 6.92 Å². The zero-order valence-electron chi connectivity index (χ0n) is 10.8. The molecule has 2 rings (SSSR count). The average molecular weight is 277 g/mol. The van der Waals surface area contributed by atoms with Crippen LogP contribution < -0.4 is 10.6 Å². The van der Waals surface area contributed by atoms with Gasteiger partial charge in [-0.05, 0) is 13.8 Å². The van der Waals surface area contributed by atoms with Crippen LogP contribution in [0.15, 0.2) is 17.8 Å². The van der Waals surface area contributed by atoms with Gasteiger partial charge in [-0.25, -0.2) is 15.0 Å². The predicted octanol–water partition coefficient (Wildman–Crippen LogP) is 1.60. The maximum atomic E-state index is 11.8. The first-order valence-corrected chi connectivity index (χ1v) is 6.82. The summed E-state index contributed by atoms with van der Waals surface area (Å²) in [5.74, 6) is 0.415. The summed E-state index contributed by atoms with van der Waals surface area (Å²) < 4.78 is 0. The highest BCUT2D eigenvalue weighted by Gasteiger charge is 2.08. The average Bonchev–Trinajstić information content (AvgIpc) is 2.83. The summed E-state index contributed by atoms with van der Waals surface area (Å²) >= 11 is 1.52. The van der Waals surface area contributed by atoms with Gasteiger partial charge in [0.25, 0.3) is 5.91 Å². The van der Waals surface area contributed by atoms with E-state index in [2.05, 4.69) is 25.6 Å². The van der Waals surface area contributed by atoms with Gasteiger partial charge in [0, 0.05) is 17.6 Å². The first-order valence-electron chi connectivity index (χ1n) is 5.94. The quantitative estimate of drug-likeness (QED) is 0.868. The Morgan fingerprint density at radius 2 is 2.21 bits per heavy atom. The monoisotopic (exact) mass is 277 g/mol. The molecule has 0 saturated carbocycles. The van der Waals surface area contributed by atoms with E-state index in [0.717, 1.165) is 17.2 Å². The standard InChI is InChI=1S/C12H15N5OS/c1-3-13-10-5-14-9(4-15-10)12(18)16-6-11-17-8(2)7-19-11/h4-5,7H,3,6H2,1-2H3,(H,13,15)(H,16,18). The molecule has 100 valence electrons. The number of amides is 1. The molecule has 0 bridgehead atoms. The lowest BCUT2D eigenvalue weighted by molar-refractivity contribution is 0.0945. The van der Waals surface area contributed by atoms with Gasteiger partial charge in [-0.15, -0.1) is 11.3 Å². The highest BCUT2D eigenvalue weighted by atomic mass is 32.1. The highest BCUT2D eigenvalue weighted by Crippen LogP contribution is 2.08. The molecule has 6 nitrogen and oxygen atoms in total. The number of aromatic nitrogens is 3. The number of rotatable bonds is 5. The van der Waals surface area contributed by atoms with Crippen LogP contribution >= 0.6 is 11.3 Å². The number of thiazole rings is 1. The van der Waals surface area contributed by atoms with Crippen LogP contribution in [0.4, 0.5) is 5.82 Å². The van der Waals surface area contributed by atoms with E-state index in [9.17, 15) is 4.79 Å². The van der Waals surface area contributed by atoms with Crippen molar-refractivity contribution in [2.24, 2.45) is 0 Å². The first-order chi connectivity index (χ1) is 9.19. The number of aryl methyl sites for hydroxylation is 1. The molecule has 2 aromatic rings. The molecule has 19 heavy (non-hydrogen) atoms. The van der Waals surface area contributed by atoms with Crippen LogP contribution in [-0.2, 0) is 6.54 Å². The molecule has 0 fully saturated rings. The van der Waals surface area contributed by atoms with Gasteiger partial charge in [-0.1, -0.05) is 0 Å². The molecule has 0 aromatic carbocycles. The molecule has 0 saturated heterocycles. The summed E-state index contributed by atoms with van der Waals surface area (Å²) in [5.41, 5.74) is 1.26. The number of nitrogens with one attached hydrogen (secondary N) is 2. The topological polar surface area (TPSA) is 79.8 Å². The number of hydrogen-bond acceptors (Lipinski definition) is 6. The maximum Gasteiger partial charge on any atom is 0.271 e. The van der Waals surface area contributed by atoms with Gasteiger partial charge in [0.05, 0.1) is 18.9 Å². The molecule has 0 radical (unpaired) electrons. The van der Waals surface area contributed by atoms with Crippen molar-refractivity contribution in [1.29, 1.82) is 0 Å². The van der Waals surface area contributed by atoms with E-state index in [1.54, 1.807) is 6.20 Å². The van der Waals surface area contributed by atoms with Crippen molar-refractivity contribution in [3.05, 3.63) is 34.2 Å². The minimum Gasteiger partial charge on any atom is -0.369 e. The lowest BCUT2D eigenvalue weighted by Gasteiger charge is -2.04. The van der Waals surface area contributed by atoms with Crippen molar-refractivity contribution >= 4 is 23.1 Å². The van der Waals surface area contributed by atoms with E-state index in [-0.39, 0.29) is 5.91 Å². The largest absolute Gasteiger partial charge is 0.369 e. The molecule has 2 N–H and O–H groups in total. The zero-order chi connectivity index (χ0) is 13.7. The second-order valence-electron chi connectivity index (χ2n) is 3.88. The van der Waals surface area contributed by atoms with Gasteiger partial charge < -0.3 is 10.6 Å². The fourth-order valence-electron chi connectivity index (χ4n) is 1.45. The third kappa shape index (κ3) is 3.72. The number of carbonyl (C=O) groups excluding carboxylic acids is 1. The van der Waals surface area contributed by atoms with E-state index in [1.165, 1.54) is 17.5 Å². The number of nitrogens with zero attached hydrogens (tertiary/aromatic N) is 3. The Hall–Kier alpha value is -2.02. The van der Waals surface area contributed by atoms with Crippen LogP contribution in [0.2, 0.25) is 0 Å². The number of hydrogen-bond donors (Lipinski definition) is 2. The van der Waals surface area contributed by atoms with Gasteiger partial charge in [0.1, 0.15) is 16.5 Å². The SMILES string of the molecule is CCNc1cnc(C(=O)NCc2nc(C)cs2)cn1. The summed E-state index contributed by atoms with van der Waals surface area (Å²) in [4.78, 5) is 24.3. The van der Waals surface area contributed by atoms with Crippen LogP contribution in [-0.4, -0.2) is 27.4 Å². The summed E-state index contributed by atoms with van der Waals surface area (Å²) in [6.07, 6.45) is 3.01. The van der Waals surface area contributed by atoms with Crippen molar-refractivity contribution in [3.63, 3.8) is 0 Å². The van der Waals surface area contributed by atoms with Crippen LogP contribution in [0.3, 0.4) is 0 Å². The molecular formula is C12H15N5OS. The Balaban J connectivity index is 1.92. The Morgan fingerprint density at radius 3 is 2.79 bits per heavy atom. The fraction of sp³-hybridized carbons (Fsp3) is 0.333. The molecule has 0 aliphatic rings. The highest BCUT2D eigenvalue weighted by molar-refractivity contribution is 7.09. The zero-order valence-corrected chi connectivity index (χ0v) is 11.6.